The number of hydrogen-bond donors (Lipinski definition) is 2. The molecule has 2 N–H and O–H groups in total. The zero-order chi connectivity index (χ0) is 14.8. The predicted octanol–water partition coefficient (Wildman–Crippen LogP) is 2.67. The van der Waals surface area contributed by atoms with E-state index < -0.39 is 0 Å². The smallest absolute Gasteiger partial charge is 0.190 e. The third-order valence-electron chi connectivity index (χ3n) is 3.03. The Morgan fingerprint density at radius 3 is 2.29 bits per heavy atom. The summed E-state index contributed by atoms with van der Waals surface area (Å²) in [6, 6.07) is 6.68. The van der Waals surface area contributed by atoms with E-state index in [9.17, 15) is 0 Å². The summed E-state index contributed by atoms with van der Waals surface area (Å²) < 4.78 is 5.02. The summed E-state index contributed by atoms with van der Waals surface area (Å²) in [6.45, 7) is 6.80. The van der Waals surface area contributed by atoms with Crippen molar-refractivity contribution >= 4 is 29.9 Å². The van der Waals surface area contributed by atoms with Gasteiger partial charge in [-0.25, -0.2) is 0 Å². The molecule has 0 aliphatic heterocycles. The molecular formula is C16H28IN3O. The van der Waals surface area contributed by atoms with Crippen molar-refractivity contribution in [2.24, 2.45) is 4.99 Å². The molecule has 5 heteroatoms. The summed E-state index contributed by atoms with van der Waals surface area (Å²) in [5, 5.41) is 6.60. The lowest BCUT2D eigenvalue weighted by molar-refractivity contribution is 0.195. The molecule has 0 saturated heterocycles. The Morgan fingerprint density at radius 1 is 1.10 bits per heavy atom. The molecule has 0 unspecified atom stereocenters. The number of benzene rings is 1. The van der Waals surface area contributed by atoms with Gasteiger partial charge in [-0.05, 0) is 32.3 Å². The normalized spacial score (nSPS) is 11.0. The van der Waals surface area contributed by atoms with Gasteiger partial charge >= 0.3 is 0 Å². The lowest BCUT2D eigenvalue weighted by Gasteiger charge is -2.12. The zero-order valence-electron chi connectivity index (χ0n) is 13.5. The van der Waals surface area contributed by atoms with E-state index in [-0.39, 0.29) is 24.0 Å². The Bertz CT molecular complexity index is 415. The summed E-state index contributed by atoms with van der Waals surface area (Å²) >= 11 is 0. The number of aliphatic imine (C=N–C) groups is 1. The predicted molar refractivity (Wildman–Crippen MR) is 101 cm³/mol. The van der Waals surface area contributed by atoms with Crippen LogP contribution in [0.2, 0.25) is 0 Å². The van der Waals surface area contributed by atoms with Gasteiger partial charge in [-0.1, -0.05) is 29.3 Å². The molecule has 0 heterocycles. The van der Waals surface area contributed by atoms with Crippen molar-refractivity contribution in [3.05, 3.63) is 34.9 Å². The van der Waals surface area contributed by atoms with E-state index in [2.05, 4.69) is 47.7 Å². The second-order valence-electron chi connectivity index (χ2n) is 5.02. The number of ether oxygens (including phenoxy) is 1. The Kier molecular flexibility index (Phi) is 11.3. The maximum absolute atomic E-state index is 5.02. The first-order chi connectivity index (χ1) is 9.65. The lowest BCUT2D eigenvalue weighted by atomic mass is 10.1. The van der Waals surface area contributed by atoms with Crippen molar-refractivity contribution < 1.29 is 4.74 Å². The summed E-state index contributed by atoms with van der Waals surface area (Å²) in [4.78, 5) is 4.21. The first-order valence-corrected chi connectivity index (χ1v) is 7.16. The molecule has 1 rings (SSSR count). The number of hydrogen-bond acceptors (Lipinski definition) is 2. The van der Waals surface area contributed by atoms with Gasteiger partial charge in [0.25, 0.3) is 0 Å². The first-order valence-electron chi connectivity index (χ1n) is 7.16. The highest BCUT2D eigenvalue weighted by atomic mass is 127. The van der Waals surface area contributed by atoms with Gasteiger partial charge in [0.05, 0.1) is 0 Å². The van der Waals surface area contributed by atoms with Crippen LogP contribution >= 0.6 is 24.0 Å². The van der Waals surface area contributed by atoms with E-state index in [0.29, 0.717) is 0 Å². The molecule has 0 fully saturated rings. The van der Waals surface area contributed by atoms with Gasteiger partial charge in [0, 0.05) is 33.9 Å². The van der Waals surface area contributed by atoms with Crippen LogP contribution in [0.3, 0.4) is 0 Å². The highest BCUT2D eigenvalue weighted by molar-refractivity contribution is 14.0. The van der Waals surface area contributed by atoms with Gasteiger partial charge in [-0.2, -0.15) is 0 Å². The fourth-order valence-electron chi connectivity index (χ4n) is 2.18. The Hall–Kier alpha value is -0.820. The summed E-state index contributed by atoms with van der Waals surface area (Å²) in [7, 11) is 3.51. The molecule has 0 aliphatic carbocycles. The summed E-state index contributed by atoms with van der Waals surface area (Å²) in [5.41, 5.74) is 4.01. The number of nitrogens with zero attached hydrogens (tertiary/aromatic N) is 1. The highest BCUT2D eigenvalue weighted by Crippen LogP contribution is 2.08. The van der Waals surface area contributed by atoms with Crippen molar-refractivity contribution in [3.8, 4) is 0 Å². The molecule has 1 aromatic carbocycles. The van der Waals surface area contributed by atoms with Crippen LogP contribution in [0, 0.1) is 13.8 Å². The van der Waals surface area contributed by atoms with E-state index in [1.54, 1.807) is 14.2 Å². The average molecular weight is 405 g/mol. The quantitative estimate of drug-likeness (QED) is 0.317. The van der Waals surface area contributed by atoms with Crippen LogP contribution in [-0.2, 0) is 11.2 Å². The fourth-order valence-corrected chi connectivity index (χ4v) is 2.18. The van der Waals surface area contributed by atoms with E-state index in [4.69, 9.17) is 4.74 Å². The standard InChI is InChI=1S/C16H27N3O.HI/c1-13-10-14(2)12-15(11-13)6-8-19-16(17-3)18-7-5-9-20-4;/h10-12H,5-9H2,1-4H3,(H2,17,18,19);1H. The zero-order valence-corrected chi connectivity index (χ0v) is 15.9. The molecule has 0 amide bonds. The molecule has 0 radical (unpaired) electrons. The molecule has 0 aliphatic rings. The fraction of sp³-hybridized carbons (Fsp3) is 0.562. The number of aryl methyl sites for hydroxylation is 2. The Balaban J connectivity index is 0.00000400. The van der Waals surface area contributed by atoms with Crippen molar-refractivity contribution in [2.45, 2.75) is 26.7 Å². The summed E-state index contributed by atoms with van der Waals surface area (Å²) in [6.07, 6.45) is 1.98. The second kappa shape index (κ2) is 11.8. The highest BCUT2D eigenvalue weighted by Gasteiger charge is 1.99. The van der Waals surface area contributed by atoms with E-state index >= 15 is 0 Å². The molecule has 1 aromatic rings. The number of rotatable bonds is 7. The molecule has 0 spiro atoms. The lowest BCUT2D eigenvalue weighted by Crippen LogP contribution is -2.39. The van der Waals surface area contributed by atoms with Gasteiger partial charge in [0.1, 0.15) is 0 Å². The van der Waals surface area contributed by atoms with Gasteiger partial charge in [-0.15, -0.1) is 24.0 Å². The molecule has 21 heavy (non-hydrogen) atoms. The van der Waals surface area contributed by atoms with Crippen LogP contribution in [0.5, 0.6) is 0 Å². The van der Waals surface area contributed by atoms with E-state index in [1.807, 2.05) is 0 Å². The minimum Gasteiger partial charge on any atom is -0.385 e. The van der Waals surface area contributed by atoms with Gasteiger partial charge < -0.3 is 15.4 Å². The monoisotopic (exact) mass is 405 g/mol. The molecule has 0 atom stereocenters. The van der Waals surface area contributed by atoms with Gasteiger partial charge in [0.2, 0.25) is 0 Å². The molecule has 0 aromatic heterocycles. The van der Waals surface area contributed by atoms with Crippen LogP contribution in [0.4, 0.5) is 0 Å². The molecule has 0 saturated carbocycles. The number of halogens is 1. The average Bonchev–Trinajstić information content (AvgIpc) is 2.40. The van der Waals surface area contributed by atoms with Crippen LogP contribution < -0.4 is 10.6 Å². The van der Waals surface area contributed by atoms with E-state index in [1.165, 1.54) is 16.7 Å². The minimum atomic E-state index is 0. The number of methoxy groups -OCH3 is 1. The SMILES string of the molecule is CN=C(NCCCOC)NCCc1cc(C)cc(C)c1.I. The largest absolute Gasteiger partial charge is 0.385 e. The first kappa shape index (κ1) is 20.2. The maximum Gasteiger partial charge on any atom is 0.190 e. The van der Waals surface area contributed by atoms with Crippen molar-refractivity contribution in [1.82, 2.24) is 10.6 Å². The molecule has 120 valence electrons. The number of nitrogens with one attached hydrogen (secondary N) is 2. The van der Waals surface area contributed by atoms with Crippen molar-refractivity contribution in [2.75, 3.05) is 33.9 Å². The Labute approximate surface area is 145 Å². The van der Waals surface area contributed by atoms with Crippen LogP contribution in [0.15, 0.2) is 23.2 Å². The van der Waals surface area contributed by atoms with Gasteiger partial charge in [-0.3, -0.25) is 4.99 Å². The molecule has 0 bridgehead atoms. The Morgan fingerprint density at radius 2 is 1.71 bits per heavy atom. The summed E-state index contributed by atoms with van der Waals surface area (Å²) in [5.74, 6) is 0.852. The van der Waals surface area contributed by atoms with Crippen LogP contribution in [0.25, 0.3) is 0 Å². The van der Waals surface area contributed by atoms with Crippen LogP contribution in [-0.4, -0.2) is 39.8 Å². The third kappa shape index (κ3) is 8.93. The minimum absolute atomic E-state index is 0. The second-order valence-corrected chi connectivity index (χ2v) is 5.02. The maximum atomic E-state index is 5.02. The topological polar surface area (TPSA) is 45.7 Å². The molecular weight excluding hydrogens is 377 g/mol. The van der Waals surface area contributed by atoms with Crippen molar-refractivity contribution in [3.63, 3.8) is 0 Å². The van der Waals surface area contributed by atoms with Crippen LogP contribution in [0.1, 0.15) is 23.1 Å². The van der Waals surface area contributed by atoms with E-state index in [0.717, 1.165) is 38.5 Å². The third-order valence-corrected chi connectivity index (χ3v) is 3.03. The molecule has 4 nitrogen and oxygen atoms in total. The van der Waals surface area contributed by atoms with Gasteiger partial charge in [0.15, 0.2) is 5.96 Å². The van der Waals surface area contributed by atoms with Crippen molar-refractivity contribution in [1.29, 1.82) is 0 Å². The number of guanidine groups is 1.